The molecule has 0 aromatic heterocycles. The molecule has 110 valence electrons. The van der Waals surface area contributed by atoms with Gasteiger partial charge >= 0.3 is 6.03 Å². The van der Waals surface area contributed by atoms with Crippen molar-refractivity contribution in [1.82, 2.24) is 10.2 Å². The minimum atomic E-state index is -0.509. The second kappa shape index (κ2) is 7.33. The largest absolute Gasteiger partial charge is 0.352 e. The third-order valence-corrected chi connectivity index (χ3v) is 3.77. The number of piperidine rings is 1. The molecule has 6 heteroatoms. The van der Waals surface area contributed by atoms with Gasteiger partial charge in [0.2, 0.25) is 5.91 Å². The van der Waals surface area contributed by atoms with Crippen LogP contribution < -0.4 is 16.8 Å². The van der Waals surface area contributed by atoms with Gasteiger partial charge < -0.3 is 21.7 Å². The summed E-state index contributed by atoms with van der Waals surface area (Å²) in [4.78, 5) is 25.0. The van der Waals surface area contributed by atoms with E-state index in [1.54, 1.807) is 0 Å². The van der Waals surface area contributed by atoms with E-state index in [9.17, 15) is 9.59 Å². The number of nitrogens with one attached hydrogen (secondary N) is 1. The topological polar surface area (TPSA) is 101 Å². The molecule has 0 aromatic rings. The first-order valence-corrected chi connectivity index (χ1v) is 6.97. The summed E-state index contributed by atoms with van der Waals surface area (Å²) in [7, 11) is 0. The molecule has 1 aliphatic rings. The van der Waals surface area contributed by atoms with Crippen LogP contribution in [0.5, 0.6) is 0 Å². The molecule has 0 radical (unpaired) electrons. The van der Waals surface area contributed by atoms with Crippen molar-refractivity contribution >= 4 is 11.9 Å². The second-order valence-corrected chi connectivity index (χ2v) is 5.62. The van der Waals surface area contributed by atoms with Crippen molar-refractivity contribution in [2.24, 2.45) is 29.2 Å². The molecule has 0 aromatic carbocycles. The first-order valence-electron chi connectivity index (χ1n) is 6.97. The summed E-state index contributed by atoms with van der Waals surface area (Å²) in [6, 6.07) is -0.509. The first-order chi connectivity index (χ1) is 8.95. The Kier molecular flexibility index (Phi) is 6.08. The highest BCUT2D eigenvalue weighted by Crippen LogP contribution is 2.20. The van der Waals surface area contributed by atoms with Crippen molar-refractivity contribution < 1.29 is 9.59 Å². The maximum absolute atomic E-state index is 12.4. The van der Waals surface area contributed by atoms with Crippen molar-refractivity contribution in [3.8, 4) is 0 Å². The highest BCUT2D eigenvalue weighted by atomic mass is 16.2. The summed E-state index contributed by atoms with van der Waals surface area (Å²) in [5, 5.41) is 2.62. The monoisotopic (exact) mass is 270 g/mol. The predicted molar refractivity (Wildman–Crippen MR) is 74.3 cm³/mol. The van der Waals surface area contributed by atoms with Crippen molar-refractivity contribution in [3.05, 3.63) is 0 Å². The molecule has 0 saturated carbocycles. The van der Waals surface area contributed by atoms with Gasteiger partial charge in [0.05, 0.1) is 5.92 Å². The highest BCUT2D eigenvalue weighted by molar-refractivity contribution is 5.79. The number of likely N-dealkylation sites (tertiary alicyclic amines) is 1. The molecule has 1 heterocycles. The van der Waals surface area contributed by atoms with Crippen LogP contribution in [0.25, 0.3) is 0 Å². The van der Waals surface area contributed by atoms with E-state index in [2.05, 4.69) is 5.32 Å². The van der Waals surface area contributed by atoms with Gasteiger partial charge in [0.25, 0.3) is 0 Å². The molecule has 1 fully saturated rings. The molecule has 2 unspecified atom stereocenters. The van der Waals surface area contributed by atoms with Gasteiger partial charge in [0.1, 0.15) is 0 Å². The van der Waals surface area contributed by atoms with Gasteiger partial charge in [0.15, 0.2) is 0 Å². The van der Waals surface area contributed by atoms with E-state index in [1.165, 1.54) is 0 Å². The Morgan fingerprint density at radius 3 is 2.63 bits per heavy atom. The Balaban J connectivity index is 2.53. The number of hydrogen-bond acceptors (Lipinski definition) is 3. The summed E-state index contributed by atoms with van der Waals surface area (Å²) in [6.45, 7) is 6.43. The Hall–Kier alpha value is -1.30. The number of carbonyl (C=O) groups excluding carboxylic acids is 2. The Bertz CT molecular complexity index is 320. The summed E-state index contributed by atoms with van der Waals surface area (Å²) in [5.41, 5.74) is 10.8. The summed E-state index contributed by atoms with van der Waals surface area (Å²) < 4.78 is 0. The van der Waals surface area contributed by atoms with Gasteiger partial charge in [0, 0.05) is 26.2 Å². The van der Waals surface area contributed by atoms with Gasteiger partial charge in [-0.05, 0) is 24.7 Å². The van der Waals surface area contributed by atoms with E-state index < -0.39 is 6.03 Å². The Morgan fingerprint density at radius 2 is 2.11 bits per heavy atom. The lowest BCUT2D eigenvalue weighted by Gasteiger charge is -2.35. The average Bonchev–Trinajstić information content (AvgIpc) is 2.37. The van der Waals surface area contributed by atoms with Gasteiger partial charge in [-0.3, -0.25) is 4.79 Å². The quantitative estimate of drug-likeness (QED) is 0.661. The van der Waals surface area contributed by atoms with Crippen LogP contribution in [0, 0.1) is 17.8 Å². The van der Waals surface area contributed by atoms with Crippen LogP contribution in [0.2, 0.25) is 0 Å². The lowest BCUT2D eigenvalue weighted by Crippen LogP contribution is -2.48. The Morgan fingerprint density at radius 1 is 1.42 bits per heavy atom. The zero-order chi connectivity index (χ0) is 14.4. The molecule has 1 saturated heterocycles. The predicted octanol–water partition coefficient (Wildman–Crippen LogP) is 0.124. The van der Waals surface area contributed by atoms with Gasteiger partial charge in [-0.1, -0.05) is 13.8 Å². The molecule has 0 bridgehead atoms. The third kappa shape index (κ3) is 4.70. The fraction of sp³-hybridized carbons (Fsp3) is 0.846. The minimum absolute atomic E-state index is 0.108. The molecular weight excluding hydrogens is 244 g/mol. The maximum Gasteiger partial charge on any atom is 0.312 e. The van der Waals surface area contributed by atoms with E-state index in [1.807, 2.05) is 18.7 Å². The smallest absolute Gasteiger partial charge is 0.312 e. The molecule has 3 amide bonds. The number of nitrogens with zero attached hydrogens (tertiary/aromatic N) is 1. The number of amides is 3. The van der Waals surface area contributed by atoms with Crippen LogP contribution in [0.15, 0.2) is 0 Å². The summed E-state index contributed by atoms with van der Waals surface area (Å²) >= 11 is 0. The lowest BCUT2D eigenvalue weighted by atomic mass is 9.91. The standard InChI is InChI=1S/C13H26N4O2/c1-9(2)11(6-14)12(18)17-5-3-4-10(8-17)7-16-13(15)19/h9-11H,3-8,14H2,1-2H3,(H3,15,16,19). The molecule has 0 aliphatic carbocycles. The highest BCUT2D eigenvalue weighted by Gasteiger charge is 2.29. The van der Waals surface area contributed by atoms with Crippen LogP contribution in [-0.4, -0.2) is 43.0 Å². The maximum atomic E-state index is 12.4. The number of primary amides is 1. The minimum Gasteiger partial charge on any atom is -0.352 e. The van der Waals surface area contributed by atoms with Crippen LogP contribution >= 0.6 is 0 Å². The molecule has 1 rings (SSSR count). The number of hydrogen-bond donors (Lipinski definition) is 3. The first kappa shape index (κ1) is 15.8. The number of rotatable bonds is 5. The van der Waals surface area contributed by atoms with E-state index >= 15 is 0 Å². The number of carbonyl (C=O) groups is 2. The number of nitrogens with two attached hydrogens (primary N) is 2. The fourth-order valence-electron chi connectivity index (χ4n) is 2.57. The summed E-state index contributed by atoms with van der Waals surface area (Å²) in [6.07, 6.45) is 1.98. The van der Waals surface area contributed by atoms with Crippen LogP contribution in [0.3, 0.4) is 0 Å². The Labute approximate surface area is 114 Å². The average molecular weight is 270 g/mol. The second-order valence-electron chi connectivity index (χ2n) is 5.62. The van der Waals surface area contributed by atoms with Crippen LogP contribution in [0.4, 0.5) is 4.79 Å². The third-order valence-electron chi connectivity index (χ3n) is 3.77. The van der Waals surface area contributed by atoms with E-state index in [0.29, 0.717) is 19.6 Å². The van der Waals surface area contributed by atoms with Crippen molar-refractivity contribution in [3.63, 3.8) is 0 Å². The van der Waals surface area contributed by atoms with Crippen LogP contribution in [0.1, 0.15) is 26.7 Å². The van der Waals surface area contributed by atoms with Crippen molar-refractivity contribution in [1.29, 1.82) is 0 Å². The zero-order valence-corrected chi connectivity index (χ0v) is 11.9. The van der Waals surface area contributed by atoms with E-state index in [0.717, 1.165) is 19.4 Å². The van der Waals surface area contributed by atoms with Crippen molar-refractivity contribution in [2.45, 2.75) is 26.7 Å². The van der Waals surface area contributed by atoms with Gasteiger partial charge in [-0.15, -0.1) is 0 Å². The number of urea groups is 1. The molecule has 0 spiro atoms. The van der Waals surface area contributed by atoms with Gasteiger partial charge in [-0.2, -0.15) is 0 Å². The van der Waals surface area contributed by atoms with Crippen LogP contribution in [-0.2, 0) is 4.79 Å². The molecule has 19 heavy (non-hydrogen) atoms. The molecule has 2 atom stereocenters. The fourth-order valence-corrected chi connectivity index (χ4v) is 2.57. The van der Waals surface area contributed by atoms with Gasteiger partial charge in [-0.25, -0.2) is 4.79 Å². The van der Waals surface area contributed by atoms with E-state index in [4.69, 9.17) is 11.5 Å². The van der Waals surface area contributed by atoms with Crippen molar-refractivity contribution in [2.75, 3.05) is 26.2 Å². The summed E-state index contributed by atoms with van der Waals surface area (Å²) in [5.74, 6) is 0.571. The SMILES string of the molecule is CC(C)C(CN)C(=O)N1CCCC(CNC(N)=O)C1. The normalized spacial score (nSPS) is 21.3. The molecule has 6 nitrogen and oxygen atoms in total. The molecular formula is C13H26N4O2. The molecule has 5 N–H and O–H groups in total. The zero-order valence-electron chi connectivity index (χ0n) is 11.9. The lowest BCUT2D eigenvalue weighted by molar-refractivity contribution is -0.138. The van der Waals surface area contributed by atoms with E-state index in [-0.39, 0.29) is 23.7 Å². The molecule has 1 aliphatic heterocycles.